The zero-order valence-electron chi connectivity index (χ0n) is 11.3. The maximum Gasteiger partial charge on any atom is 0.325 e. The molecule has 2 saturated heterocycles. The van der Waals surface area contributed by atoms with Crippen LogP contribution in [0.15, 0.2) is 6.33 Å². The topological polar surface area (TPSA) is 138 Å². The summed E-state index contributed by atoms with van der Waals surface area (Å²) in [6.45, 7) is -3.37. The largest absolute Gasteiger partial charge is 0.386 e. The van der Waals surface area contributed by atoms with Gasteiger partial charge in [0.1, 0.15) is 24.6 Å². The summed E-state index contributed by atoms with van der Waals surface area (Å²) in [4.78, 5) is 21.8. The fraction of sp³-hybridized carbons (Fsp3) is 0.500. The summed E-state index contributed by atoms with van der Waals surface area (Å²) in [5, 5.41) is 10.5. The molecule has 13 heteroatoms. The molecule has 2 aliphatic rings. The zero-order chi connectivity index (χ0) is 16.4. The molecule has 4 heterocycles. The number of anilines is 1. The van der Waals surface area contributed by atoms with Crippen molar-refractivity contribution >= 4 is 47.1 Å². The van der Waals surface area contributed by atoms with E-state index in [0.717, 1.165) is 0 Å². The number of nitrogens with zero attached hydrogens (tertiary/aromatic N) is 4. The lowest BCUT2D eigenvalue weighted by Gasteiger charge is -2.30. The minimum absolute atomic E-state index is 0.00732. The molecular weight excluding hydrogens is 369 g/mol. The molecule has 0 spiro atoms. The van der Waals surface area contributed by atoms with Gasteiger partial charge in [0.25, 0.3) is 0 Å². The monoisotopic (exact) mass is 379 g/mol. The van der Waals surface area contributed by atoms with Crippen LogP contribution in [-0.2, 0) is 25.6 Å². The van der Waals surface area contributed by atoms with Crippen molar-refractivity contribution in [3.8, 4) is 0 Å². The van der Waals surface area contributed by atoms with Crippen molar-refractivity contribution in [1.29, 1.82) is 0 Å². The minimum Gasteiger partial charge on any atom is -0.386 e. The molecule has 0 bridgehead atoms. The number of nitrogen functional groups attached to an aromatic ring is 1. The predicted molar refractivity (Wildman–Crippen MR) is 82.0 cm³/mol. The van der Waals surface area contributed by atoms with Gasteiger partial charge in [-0.3, -0.25) is 9.09 Å². The van der Waals surface area contributed by atoms with E-state index < -0.39 is 31.3 Å². The minimum atomic E-state index is -3.38. The highest BCUT2D eigenvalue weighted by molar-refractivity contribution is 8.07. The SMILES string of the molecule is Nc1ncnc2c1nc(Cl)n2C1OC2COP(O)(=S)OC2C1O. The third-order valence-electron chi connectivity index (χ3n) is 3.68. The maximum atomic E-state index is 10.5. The summed E-state index contributed by atoms with van der Waals surface area (Å²) in [6, 6.07) is 0. The van der Waals surface area contributed by atoms with Gasteiger partial charge in [0, 0.05) is 0 Å². The van der Waals surface area contributed by atoms with E-state index >= 15 is 0 Å². The molecule has 4 rings (SSSR count). The van der Waals surface area contributed by atoms with E-state index in [4.69, 9.17) is 42.9 Å². The van der Waals surface area contributed by atoms with Gasteiger partial charge >= 0.3 is 6.72 Å². The zero-order valence-corrected chi connectivity index (χ0v) is 13.8. The Labute approximate surface area is 139 Å². The van der Waals surface area contributed by atoms with Gasteiger partial charge < -0.3 is 25.0 Å². The first-order valence-corrected chi connectivity index (χ1v) is 9.47. The van der Waals surface area contributed by atoms with E-state index in [0.29, 0.717) is 11.2 Å². The molecule has 0 amide bonds. The van der Waals surface area contributed by atoms with Crippen molar-refractivity contribution in [2.45, 2.75) is 24.5 Å². The Bertz CT molecular complexity index is 835. The van der Waals surface area contributed by atoms with Crippen molar-refractivity contribution < 1.29 is 23.8 Å². The second-order valence-electron chi connectivity index (χ2n) is 5.07. The molecule has 2 fully saturated rings. The first kappa shape index (κ1) is 15.6. The van der Waals surface area contributed by atoms with Gasteiger partial charge in [-0.05, 0) is 23.4 Å². The molecule has 4 N–H and O–H groups in total. The van der Waals surface area contributed by atoms with Gasteiger partial charge in [-0.15, -0.1) is 0 Å². The predicted octanol–water partition coefficient (Wildman–Crippen LogP) is -0.0476. The Kier molecular flexibility index (Phi) is 3.59. The lowest BCUT2D eigenvalue weighted by atomic mass is 10.1. The molecule has 0 saturated carbocycles. The van der Waals surface area contributed by atoms with E-state index in [-0.39, 0.29) is 17.7 Å². The summed E-state index contributed by atoms with van der Waals surface area (Å²) >= 11 is 10.9. The summed E-state index contributed by atoms with van der Waals surface area (Å²) in [6.07, 6.45) is -2.27. The van der Waals surface area contributed by atoms with Crippen molar-refractivity contribution in [2.24, 2.45) is 0 Å². The standard InChI is InChI=1S/C10H11ClN5O5PS/c11-10-15-4-7(12)13-2-14-8(4)16(10)9-5(17)6-3(20-9)1-19-22(18,23)21-6/h2-3,5-6,9,17H,1H2,(H,18,23)(H2,12,13,14). The number of nitrogens with two attached hydrogens (primary N) is 1. The van der Waals surface area contributed by atoms with Crippen LogP contribution in [-0.4, -0.2) is 54.4 Å². The van der Waals surface area contributed by atoms with Gasteiger partial charge in [0.15, 0.2) is 23.2 Å². The molecule has 2 aromatic rings. The molecule has 0 aliphatic carbocycles. The average Bonchev–Trinajstić information content (AvgIpc) is 2.97. The Morgan fingerprint density at radius 2 is 2.26 bits per heavy atom. The number of imidazole rings is 1. The average molecular weight is 380 g/mol. The van der Waals surface area contributed by atoms with Crippen LogP contribution in [0.3, 0.4) is 0 Å². The lowest BCUT2D eigenvalue weighted by molar-refractivity contribution is -0.0592. The smallest absolute Gasteiger partial charge is 0.325 e. The summed E-state index contributed by atoms with van der Waals surface area (Å²) in [7, 11) is 0. The number of aliphatic hydroxyl groups excluding tert-OH is 1. The van der Waals surface area contributed by atoms with Crippen LogP contribution in [0.1, 0.15) is 6.23 Å². The number of halogens is 1. The van der Waals surface area contributed by atoms with Gasteiger partial charge in [0.05, 0.1) is 6.61 Å². The Hall–Kier alpha value is -0.910. The Morgan fingerprint density at radius 3 is 3.04 bits per heavy atom. The highest BCUT2D eigenvalue weighted by Gasteiger charge is 2.51. The van der Waals surface area contributed by atoms with E-state index in [2.05, 4.69) is 15.0 Å². The molecule has 0 aromatic carbocycles. The van der Waals surface area contributed by atoms with Crippen molar-refractivity contribution in [1.82, 2.24) is 19.5 Å². The number of aromatic nitrogens is 4. The fourth-order valence-electron chi connectivity index (χ4n) is 2.67. The third-order valence-corrected chi connectivity index (χ3v) is 5.51. The lowest BCUT2D eigenvalue weighted by Crippen LogP contribution is -2.39. The quantitative estimate of drug-likeness (QED) is 0.456. The number of hydrogen-bond donors (Lipinski definition) is 3. The van der Waals surface area contributed by atoms with Gasteiger partial charge in [-0.2, -0.15) is 0 Å². The molecule has 5 unspecified atom stereocenters. The normalized spacial score (nSPS) is 37.2. The second-order valence-corrected chi connectivity index (χ2v) is 8.20. The summed E-state index contributed by atoms with van der Waals surface area (Å²) < 4.78 is 17.4. The van der Waals surface area contributed by atoms with Crippen LogP contribution >= 0.6 is 18.3 Å². The molecule has 2 aromatic heterocycles. The van der Waals surface area contributed by atoms with E-state index in [1.54, 1.807) is 0 Å². The first-order chi connectivity index (χ1) is 10.9. The fourth-order valence-corrected chi connectivity index (χ4v) is 4.38. The molecule has 10 nitrogen and oxygen atoms in total. The number of fused-ring (bicyclic) bond motifs is 2. The third kappa shape index (κ3) is 2.44. The van der Waals surface area contributed by atoms with Crippen LogP contribution in [0.2, 0.25) is 5.28 Å². The Morgan fingerprint density at radius 1 is 1.48 bits per heavy atom. The van der Waals surface area contributed by atoms with Crippen LogP contribution in [0.4, 0.5) is 5.82 Å². The first-order valence-electron chi connectivity index (χ1n) is 6.50. The second kappa shape index (κ2) is 5.30. The highest BCUT2D eigenvalue weighted by Crippen LogP contribution is 2.53. The van der Waals surface area contributed by atoms with Crippen molar-refractivity contribution in [2.75, 3.05) is 12.3 Å². The van der Waals surface area contributed by atoms with Crippen LogP contribution in [0.5, 0.6) is 0 Å². The van der Waals surface area contributed by atoms with E-state index in [1.807, 2.05) is 0 Å². The van der Waals surface area contributed by atoms with Crippen LogP contribution in [0, 0.1) is 0 Å². The highest BCUT2D eigenvalue weighted by atomic mass is 35.5. The molecule has 124 valence electrons. The van der Waals surface area contributed by atoms with Crippen molar-refractivity contribution in [3.63, 3.8) is 0 Å². The molecule has 0 radical (unpaired) electrons. The van der Waals surface area contributed by atoms with Crippen LogP contribution in [0.25, 0.3) is 11.2 Å². The van der Waals surface area contributed by atoms with Crippen molar-refractivity contribution in [3.05, 3.63) is 11.6 Å². The van der Waals surface area contributed by atoms with Gasteiger partial charge in [-0.1, -0.05) is 0 Å². The number of aliphatic hydroxyl groups is 1. The molecule has 5 atom stereocenters. The van der Waals surface area contributed by atoms with Crippen LogP contribution < -0.4 is 5.73 Å². The van der Waals surface area contributed by atoms with Gasteiger partial charge in [-0.25, -0.2) is 15.0 Å². The Balaban J connectivity index is 1.76. The summed E-state index contributed by atoms with van der Waals surface area (Å²) in [5.41, 5.74) is 6.36. The van der Waals surface area contributed by atoms with E-state index in [1.165, 1.54) is 10.9 Å². The van der Waals surface area contributed by atoms with E-state index in [9.17, 15) is 10.00 Å². The molecule has 23 heavy (non-hydrogen) atoms. The van der Waals surface area contributed by atoms with Gasteiger partial charge in [0.2, 0.25) is 5.28 Å². The number of hydrogen-bond acceptors (Lipinski definition) is 9. The molecular formula is C10H11ClN5O5PS. The number of rotatable bonds is 1. The maximum absolute atomic E-state index is 10.5. The molecule has 2 aliphatic heterocycles. The summed E-state index contributed by atoms with van der Waals surface area (Å²) in [5.74, 6) is 0.158. The number of ether oxygens (including phenoxy) is 1.